The van der Waals surface area contributed by atoms with Crippen LogP contribution in [0.5, 0.6) is 0 Å². The Balaban J connectivity index is 1.97. The maximum absolute atomic E-state index is 11.9. The number of hydrogen-bond acceptors (Lipinski definition) is 4. The summed E-state index contributed by atoms with van der Waals surface area (Å²) in [6, 6.07) is 5.32. The van der Waals surface area contributed by atoms with Gasteiger partial charge in [-0.25, -0.2) is 4.79 Å². The van der Waals surface area contributed by atoms with Gasteiger partial charge in [-0.2, -0.15) is 0 Å². The van der Waals surface area contributed by atoms with E-state index in [0.29, 0.717) is 23.5 Å². The van der Waals surface area contributed by atoms with Crippen LogP contribution in [-0.2, 0) is 4.74 Å². The zero-order chi connectivity index (χ0) is 13.7. The number of rotatable bonds is 7. The molecule has 0 atom stereocenters. The molecule has 1 fully saturated rings. The quantitative estimate of drug-likeness (QED) is 0.450. The average molecular weight is 262 g/mol. The standard InChI is InChI=1S/C15H22N2O2/c1-2-19-15(18)12-6-3-7-13(16)14(12)17-10-4-5-11-8-9-11/h3,6-7,11,17H,2,4-5,8-10,16H2,1H3. The van der Waals surface area contributed by atoms with E-state index in [9.17, 15) is 4.79 Å². The third-order valence-electron chi connectivity index (χ3n) is 3.38. The molecule has 0 aromatic heterocycles. The Morgan fingerprint density at radius 1 is 1.47 bits per heavy atom. The SMILES string of the molecule is CCOC(=O)c1cccc(N)c1NCCCC1CC1. The minimum atomic E-state index is -0.320. The second-order valence-electron chi connectivity index (χ2n) is 5.00. The molecular formula is C15H22N2O2. The molecule has 0 spiro atoms. The van der Waals surface area contributed by atoms with Gasteiger partial charge in [0.2, 0.25) is 0 Å². The van der Waals surface area contributed by atoms with Crippen LogP contribution in [0.2, 0.25) is 0 Å². The molecule has 0 heterocycles. The lowest BCUT2D eigenvalue weighted by Gasteiger charge is -2.13. The molecule has 2 rings (SSSR count). The summed E-state index contributed by atoms with van der Waals surface area (Å²) in [5, 5.41) is 3.28. The second kappa shape index (κ2) is 6.45. The summed E-state index contributed by atoms with van der Waals surface area (Å²) >= 11 is 0. The Labute approximate surface area is 114 Å². The van der Waals surface area contributed by atoms with Gasteiger partial charge >= 0.3 is 5.97 Å². The van der Waals surface area contributed by atoms with Crippen molar-refractivity contribution in [3.8, 4) is 0 Å². The molecule has 0 radical (unpaired) electrons. The van der Waals surface area contributed by atoms with E-state index in [1.165, 1.54) is 19.3 Å². The first-order valence-corrected chi connectivity index (χ1v) is 7.02. The number of nitrogens with one attached hydrogen (secondary N) is 1. The normalized spacial score (nSPS) is 14.2. The van der Waals surface area contributed by atoms with E-state index in [1.54, 1.807) is 25.1 Å². The summed E-state index contributed by atoms with van der Waals surface area (Å²) < 4.78 is 5.04. The van der Waals surface area contributed by atoms with Crippen LogP contribution in [0.15, 0.2) is 18.2 Å². The number of carbonyl (C=O) groups is 1. The minimum absolute atomic E-state index is 0.320. The first-order valence-electron chi connectivity index (χ1n) is 7.02. The van der Waals surface area contributed by atoms with Crippen molar-refractivity contribution in [3.63, 3.8) is 0 Å². The van der Waals surface area contributed by atoms with E-state index in [0.717, 1.165) is 18.9 Å². The number of nitrogens with two attached hydrogens (primary N) is 1. The molecule has 0 bridgehead atoms. The lowest BCUT2D eigenvalue weighted by Crippen LogP contribution is -2.12. The monoisotopic (exact) mass is 262 g/mol. The maximum atomic E-state index is 11.9. The number of anilines is 2. The van der Waals surface area contributed by atoms with Gasteiger partial charge in [0.1, 0.15) is 0 Å². The molecule has 0 unspecified atom stereocenters. The molecule has 4 heteroatoms. The molecule has 19 heavy (non-hydrogen) atoms. The van der Waals surface area contributed by atoms with Crippen LogP contribution < -0.4 is 11.1 Å². The first-order chi connectivity index (χ1) is 9.22. The average Bonchev–Trinajstić information content (AvgIpc) is 3.20. The van der Waals surface area contributed by atoms with Crippen LogP contribution in [0.25, 0.3) is 0 Å². The number of carbonyl (C=O) groups excluding carboxylic acids is 1. The molecule has 0 amide bonds. The van der Waals surface area contributed by atoms with E-state index >= 15 is 0 Å². The van der Waals surface area contributed by atoms with Crippen LogP contribution >= 0.6 is 0 Å². The highest BCUT2D eigenvalue weighted by Gasteiger charge is 2.20. The Kier molecular flexibility index (Phi) is 4.66. The van der Waals surface area contributed by atoms with E-state index in [-0.39, 0.29) is 5.97 Å². The van der Waals surface area contributed by atoms with Gasteiger partial charge < -0.3 is 15.8 Å². The molecule has 0 aliphatic heterocycles. The smallest absolute Gasteiger partial charge is 0.340 e. The highest BCUT2D eigenvalue weighted by atomic mass is 16.5. The van der Waals surface area contributed by atoms with Crippen molar-refractivity contribution in [2.75, 3.05) is 24.2 Å². The number of hydrogen-bond donors (Lipinski definition) is 2. The number of para-hydroxylation sites is 1. The summed E-state index contributed by atoms with van der Waals surface area (Å²) in [5.74, 6) is 0.610. The van der Waals surface area contributed by atoms with Crippen molar-refractivity contribution in [2.24, 2.45) is 5.92 Å². The summed E-state index contributed by atoms with van der Waals surface area (Å²) in [7, 11) is 0. The van der Waals surface area contributed by atoms with Crippen molar-refractivity contribution in [2.45, 2.75) is 32.6 Å². The summed E-state index contributed by atoms with van der Waals surface area (Å²) in [6.07, 6.45) is 5.12. The van der Waals surface area contributed by atoms with Crippen LogP contribution in [0.3, 0.4) is 0 Å². The molecule has 104 valence electrons. The van der Waals surface area contributed by atoms with E-state index in [2.05, 4.69) is 5.32 Å². The molecular weight excluding hydrogens is 240 g/mol. The lowest BCUT2D eigenvalue weighted by atomic mass is 10.1. The Morgan fingerprint density at radius 2 is 2.26 bits per heavy atom. The third-order valence-corrected chi connectivity index (χ3v) is 3.38. The largest absolute Gasteiger partial charge is 0.462 e. The first kappa shape index (κ1) is 13.7. The predicted octanol–water partition coefficient (Wildman–Crippen LogP) is 3.05. The van der Waals surface area contributed by atoms with Crippen molar-refractivity contribution in [1.29, 1.82) is 0 Å². The van der Waals surface area contributed by atoms with Gasteiger partial charge in [-0.1, -0.05) is 18.9 Å². The highest BCUT2D eigenvalue weighted by molar-refractivity contribution is 5.98. The Bertz CT molecular complexity index is 442. The highest BCUT2D eigenvalue weighted by Crippen LogP contribution is 2.33. The number of esters is 1. The van der Waals surface area contributed by atoms with Gasteiger partial charge in [0, 0.05) is 6.54 Å². The van der Waals surface area contributed by atoms with Crippen molar-refractivity contribution in [3.05, 3.63) is 23.8 Å². The van der Waals surface area contributed by atoms with Gasteiger partial charge in [0.05, 0.1) is 23.5 Å². The summed E-state index contributed by atoms with van der Waals surface area (Å²) in [5.41, 5.74) is 7.76. The number of benzene rings is 1. The van der Waals surface area contributed by atoms with E-state index in [4.69, 9.17) is 10.5 Å². The van der Waals surface area contributed by atoms with Crippen molar-refractivity contribution in [1.82, 2.24) is 0 Å². The van der Waals surface area contributed by atoms with Gasteiger partial charge in [0.15, 0.2) is 0 Å². The second-order valence-corrected chi connectivity index (χ2v) is 5.00. The van der Waals surface area contributed by atoms with Crippen LogP contribution in [0.4, 0.5) is 11.4 Å². The molecule has 3 N–H and O–H groups in total. The molecule has 1 aliphatic carbocycles. The zero-order valence-corrected chi connectivity index (χ0v) is 11.4. The minimum Gasteiger partial charge on any atom is -0.462 e. The fourth-order valence-electron chi connectivity index (χ4n) is 2.16. The maximum Gasteiger partial charge on any atom is 0.340 e. The van der Waals surface area contributed by atoms with Gasteiger partial charge in [-0.15, -0.1) is 0 Å². The van der Waals surface area contributed by atoms with Gasteiger partial charge in [-0.05, 0) is 37.8 Å². The van der Waals surface area contributed by atoms with Gasteiger partial charge in [-0.3, -0.25) is 0 Å². The Morgan fingerprint density at radius 3 is 2.95 bits per heavy atom. The molecule has 0 saturated heterocycles. The van der Waals surface area contributed by atoms with E-state index in [1.807, 2.05) is 0 Å². The van der Waals surface area contributed by atoms with Crippen LogP contribution in [0, 0.1) is 5.92 Å². The molecule has 1 saturated carbocycles. The molecule has 1 aromatic rings. The number of ether oxygens (including phenoxy) is 1. The molecule has 4 nitrogen and oxygen atoms in total. The van der Waals surface area contributed by atoms with Crippen LogP contribution in [-0.4, -0.2) is 19.1 Å². The molecule has 1 aromatic carbocycles. The third kappa shape index (κ3) is 3.88. The zero-order valence-electron chi connectivity index (χ0n) is 11.4. The molecule has 1 aliphatic rings. The summed E-state index contributed by atoms with van der Waals surface area (Å²) in [4.78, 5) is 11.9. The topological polar surface area (TPSA) is 64.3 Å². The van der Waals surface area contributed by atoms with Crippen LogP contribution in [0.1, 0.15) is 43.0 Å². The number of nitrogen functional groups attached to an aromatic ring is 1. The fourth-order valence-corrected chi connectivity index (χ4v) is 2.16. The van der Waals surface area contributed by atoms with E-state index < -0.39 is 0 Å². The lowest BCUT2D eigenvalue weighted by molar-refractivity contribution is 0.0527. The fraction of sp³-hybridized carbons (Fsp3) is 0.533. The van der Waals surface area contributed by atoms with Crippen molar-refractivity contribution < 1.29 is 9.53 Å². The Hall–Kier alpha value is -1.71. The van der Waals surface area contributed by atoms with Gasteiger partial charge in [0.25, 0.3) is 0 Å². The summed E-state index contributed by atoms with van der Waals surface area (Å²) in [6.45, 7) is 3.01. The predicted molar refractivity (Wildman–Crippen MR) is 77.3 cm³/mol. The van der Waals surface area contributed by atoms with Crippen molar-refractivity contribution >= 4 is 17.3 Å².